The first-order chi connectivity index (χ1) is 13.1. The average molecular weight is 401 g/mol. The molecule has 0 aliphatic heterocycles. The van der Waals surface area contributed by atoms with Gasteiger partial charge in [0.1, 0.15) is 6.33 Å². The van der Waals surface area contributed by atoms with E-state index in [4.69, 9.17) is 0 Å². The van der Waals surface area contributed by atoms with Crippen molar-refractivity contribution in [1.82, 2.24) is 20.2 Å². The number of alkyl halides is 6. The summed E-state index contributed by atoms with van der Waals surface area (Å²) in [6.07, 6.45) is -8.87. The second-order valence-electron chi connectivity index (χ2n) is 5.52. The number of hydrogen-bond donors (Lipinski definition) is 1. The predicted octanol–water partition coefficient (Wildman–Crippen LogP) is 3.95. The molecule has 146 valence electrons. The van der Waals surface area contributed by atoms with E-state index in [1.807, 2.05) is 0 Å². The number of anilines is 1. The number of halogens is 6. The number of carbonyl (C=O) groups is 1. The van der Waals surface area contributed by atoms with Crippen molar-refractivity contribution in [2.45, 2.75) is 12.4 Å². The molecule has 3 aromatic rings. The van der Waals surface area contributed by atoms with E-state index in [1.165, 1.54) is 24.5 Å². The third-order valence-electron chi connectivity index (χ3n) is 3.59. The van der Waals surface area contributed by atoms with E-state index in [1.54, 1.807) is 6.07 Å². The minimum atomic E-state index is -5.02. The fourth-order valence-corrected chi connectivity index (χ4v) is 2.36. The van der Waals surface area contributed by atoms with E-state index in [2.05, 4.69) is 20.8 Å². The number of para-hydroxylation sites is 1. The molecule has 1 aromatic heterocycles. The van der Waals surface area contributed by atoms with Crippen LogP contribution in [0.4, 0.5) is 32.0 Å². The quantitative estimate of drug-likeness (QED) is 0.675. The van der Waals surface area contributed by atoms with Crippen molar-refractivity contribution >= 4 is 11.6 Å². The van der Waals surface area contributed by atoms with Crippen molar-refractivity contribution in [3.8, 4) is 5.69 Å². The zero-order chi connectivity index (χ0) is 20.5. The SMILES string of the molecule is O=C(Nc1cc(C(F)(F)F)cc(C(F)(F)F)c1)c1ccccc1-n1cnnn1. The van der Waals surface area contributed by atoms with Crippen LogP contribution in [0.25, 0.3) is 5.69 Å². The largest absolute Gasteiger partial charge is 0.416 e. The van der Waals surface area contributed by atoms with Crippen LogP contribution in [0.3, 0.4) is 0 Å². The van der Waals surface area contributed by atoms with Gasteiger partial charge in [-0.3, -0.25) is 4.79 Å². The molecule has 1 heterocycles. The van der Waals surface area contributed by atoms with E-state index >= 15 is 0 Å². The molecule has 0 unspecified atom stereocenters. The van der Waals surface area contributed by atoms with Gasteiger partial charge in [0, 0.05) is 5.69 Å². The zero-order valence-electron chi connectivity index (χ0n) is 13.6. The highest BCUT2D eigenvalue weighted by Gasteiger charge is 2.37. The van der Waals surface area contributed by atoms with E-state index in [0.717, 1.165) is 4.68 Å². The Morgan fingerprint density at radius 1 is 0.929 bits per heavy atom. The van der Waals surface area contributed by atoms with Crippen molar-refractivity contribution in [1.29, 1.82) is 0 Å². The summed E-state index contributed by atoms with van der Waals surface area (Å²) in [5, 5.41) is 12.5. The van der Waals surface area contributed by atoms with Crippen LogP contribution in [0.15, 0.2) is 48.8 Å². The Morgan fingerprint density at radius 3 is 2.07 bits per heavy atom. The highest BCUT2D eigenvalue weighted by Crippen LogP contribution is 2.37. The molecule has 1 amide bonds. The molecule has 0 aliphatic rings. The Kier molecular flexibility index (Phi) is 4.79. The number of aromatic nitrogens is 4. The summed E-state index contributed by atoms with van der Waals surface area (Å²) in [6, 6.07) is 6.63. The number of tetrazole rings is 1. The van der Waals surface area contributed by atoms with Crippen molar-refractivity contribution in [3.63, 3.8) is 0 Å². The van der Waals surface area contributed by atoms with Gasteiger partial charge in [-0.2, -0.15) is 31.0 Å². The lowest BCUT2D eigenvalue weighted by atomic mass is 10.1. The van der Waals surface area contributed by atoms with Gasteiger partial charge in [0.05, 0.1) is 22.4 Å². The maximum absolute atomic E-state index is 12.9. The molecule has 2 aromatic carbocycles. The number of carbonyl (C=O) groups excluding carboxylic acids is 1. The van der Waals surface area contributed by atoms with E-state index < -0.39 is 35.1 Å². The van der Waals surface area contributed by atoms with Crippen molar-refractivity contribution in [3.05, 3.63) is 65.5 Å². The molecule has 1 N–H and O–H groups in total. The number of amides is 1. The van der Waals surface area contributed by atoms with E-state index in [9.17, 15) is 31.1 Å². The van der Waals surface area contributed by atoms with Crippen LogP contribution in [0.1, 0.15) is 21.5 Å². The minimum absolute atomic E-state index is 0.0231. The second-order valence-corrected chi connectivity index (χ2v) is 5.52. The number of nitrogens with zero attached hydrogens (tertiary/aromatic N) is 4. The van der Waals surface area contributed by atoms with Gasteiger partial charge in [-0.1, -0.05) is 12.1 Å². The smallest absolute Gasteiger partial charge is 0.322 e. The Hall–Kier alpha value is -3.44. The van der Waals surface area contributed by atoms with Gasteiger partial charge in [0.15, 0.2) is 0 Å². The van der Waals surface area contributed by atoms with Crippen LogP contribution < -0.4 is 5.32 Å². The molecule has 0 saturated carbocycles. The second kappa shape index (κ2) is 6.94. The van der Waals surface area contributed by atoms with Crippen LogP contribution >= 0.6 is 0 Å². The van der Waals surface area contributed by atoms with Crippen molar-refractivity contribution in [2.75, 3.05) is 5.32 Å². The number of hydrogen-bond acceptors (Lipinski definition) is 4. The van der Waals surface area contributed by atoms with Gasteiger partial charge < -0.3 is 5.32 Å². The fraction of sp³-hybridized carbons (Fsp3) is 0.125. The van der Waals surface area contributed by atoms with Crippen LogP contribution in [0.2, 0.25) is 0 Å². The summed E-state index contributed by atoms with van der Waals surface area (Å²) in [6.45, 7) is 0. The molecular weight excluding hydrogens is 392 g/mol. The zero-order valence-corrected chi connectivity index (χ0v) is 13.6. The number of nitrogens with one attached hydrogen (secondary N) is 1. The molecular formula is C16H9F6N5O. The molecule has 0 aliphatic carbocycles. The first-order valence-corrected chi connectivity index (χ1v) is 7.49. The molecule has 0 radical (unpaired) electrons. The van der Waals surface area contributed by atoms with Crippen LogP contribution in [-0.4, -0.2) is 26.1 Å². The third kappa shape index (κ3) is 4.10. The lowest BCUT2D eigenvalue weighted by Crippen LogP contribution is -2.17. The van der Waals surface area contributed by atoms with Crippen LogP contribution in [-0.2, 0) is 12.4 Å². The summed E-state index contributed by atoms with van der Waals surface area (Å²) in [5.41, 5.74) is -3.59. The molecule has 12 heteroatoms. The van der Waals surface area contributed by atoms with Crippen molar-refractivity contribution < 1.29 is 31.1 Å². The molecule has 6 nitrogen and oxygen atoms in total. The van der Waals surface area contributed by atoms with Gasteiger partial charge in [0.2, 0.25) is 0 Å². The molecule has 28 heavy (non-hydrogen) atoms. The molecule has 0 spiro atoms. The Balaban J connectivity index is 2.00. The van der Waals surface area contributed by atoms with E-state index in [0.29, 0.717) is 12.1 Å². The Morgan fingerprint density at radius 2 is 1.54 bits per heavy atom. The molecule has 0 fully saturated rings. The summed E-state index contributed by atoms with van der Waals surface area (Å²) >= 11 is 0. The summed E-state index contributed by atoms with van der Waals surface area (Å²) in [5.74, 6) is -0.932. The highest BCUT2D eigenvalue weighted by molar-refractivity contribution is 6.06. The van der Waals surface area contributed by atoms with Gasteiger partial charge in [-0.25, -0.2) is 0 Å². The number of benzene rings is 2. The van der Waals surface area contributed by atoms with Gasteiger partial charge in [0.25, 0.3) is 5.91 Å². The van der Waals surface area contributed by atoms with Gasteiger partial charge in [-0.15, -0.1) is 5.10 Å². The molecule has 0 saturated heterocycles. The highest BCUT2D eigenvalue weighted by atomic mass is 19.4. The first-order valence-electron chi connectivity index (χ1n) is 7.49. The topological polar surface area (TPSA) is 72.7 Å². The average Bonchev–Trinajstić information content (AvgIpc) is 3.14. The lowest BCUT2D eigenvalue weighted by Gasteiger charge is -2.15. The third-order valence-corrected chi connectivity index (χ3v) is 3.59. The minimum Gasteiger partial charge on any atom is -0.322 e. The first kappa shape index (κ1) is 19.3. The predicted molar refractivity (Wildman–Crippen MR) is 83.6 cm³/mol. The summed E-state index contributed by atoms with van der Waals surface area (Å²) in [7, 11) is 0. The van der Waals surface area contributed by atoms with Crippen molar-refractivity contribution in [2.24, 2.45) is 0 Å². The number of rotatable bonds is 3. The standard InChI is InChI=1S/C16H9F6N5O/c17-15(18,19)9-5-10(16(20,21)22)7-11(6-9)24-14(28)12-3-1-2-4-13(12)27-8-23-25-26-27/h1-8H,(H,24,28). The Bertz CT molecular complexity index is 965. The molecule has 0 atom stereocenters. The van der Waals surface area contributed by atoms with Crippen LogP contribution in [0.5, 0.6) is 0 Å². The van der Waals surface area contributed by atoms with Gasteiger partial charge in [-0.05, 0) is 40.8 Å². The van der Waals surface area contributed by atoms with E-state index in [-0.39, 0.29) is 17.3 Å². The fourth-order valence-electron chi connectivity index (χ4n) is 2.36. The molecule has 3 rings (SSSR count). The maximum atomic E-state index is 12.9. The normalized spacial score (nSPS) is 12.1. The monoisotopic (exact) mass is 401 g/mol. The summed E-state index contributed by atoms with van der Waals surface area (Å²) < 4.78 is 78.8. The maximum Gasteiger partial charge on any atom is 0.416 e. The van der Waals surface area contributed by atoms with Gasteiger partial charge >= 0.3 is 12.4 Å². The lowest BCUT2D eigenvalue weighted by molar-refractivity contribution is -0.143. The molecule has 0 bridgehead atoms. The Labute approximate surface area is 152 Å². The summed E-state index contributed by atoms with van der Waals surface area (Å²) in [4.78, 5) is 12.5. The van der Waals surface area contributed by atoms with Crippen LogP contribution in [0, 0.1) is 0 Å².